The van der Waals surface area contributed by atoms with E-state index >= 15 is 0 Å². The van der Waals surface area contributed by atoms with Gasteiger partial charge in [0.1, 0.15) is 5.75 Å². The van der Waals surface area contributed by atoms with Crippen molar-refractivity contribution in [1.82, 2.24) is 4.90 Å². The molecule has 3 N–H and O–H groups in total. The Morgan fingerprint density at radius 2 is 2.32 bits per heavy atom. The number of anilines is 1. The Kier molecular flexibility index (Phi) is 6.07. The topological polar surface area (TPSA) is 62.9 Å². The third kappa shape index (κ3) is 4.91. The molecule has 0 saturated carbocycles. The number of hydrogen-bond acceptors (Lipinski definition) is 3. The van der Waals surface area contributed by atoms with Crippen molar-refractivity contribution < 1.29 is 4.74 Å². The monoisotopic (exact) mass is 304 g/mol. The summed E-state index contributed by atoms with van der Waals surface area (Å²) in [5.74, 6) is 1.87. The molecule has 22 heavy (non-hydrogen) atoms. The number of aliphatic imine (C=N–C) groups is 1. The number of ether oxygens (including phenoxy) is 1. The fraction of sp³-hybridized carbons (Fsp3) is 0.588. The largest absolute Gasteiger partial charge is 0.497 e. The fourth-order valence-electron chi connectivity index (χ4n) is 2.83. The van der Waals surface area contributed by atoms with Crippen LogP contribution in [0.1, 0.15) is 26.7 Å². The first-order valence-corrected chi connectivity index (χ1v) is 8.03. The van der Waals surface area contributed by atoms with Gasteiger partial charge in [0.15, 0.2) is 5.96 Å². The number of rotatable bonds is 5. The van der Waals surface area contributed by atoms with Crippen molar-refractivity contribution in [1.29, 1.82) is 0 Å². The molecule has 0 aliphatic carbocycles. The molecule has 0 aromatic heterocycles. The fourth-order valence-corrected chi connectivity index (χ4v) is 2.83. The maximum atomic E-state index is 5.99. The van der Waals surface area contributed by atoms with Gasteiger partial charge >= 0.3 is 0 Å². The van der Waals surface area contributed by atoms with Crippen molar-refractivity contribution >= 4 is 11.6 Å². The van der Waals surface area contributed by atoms with Crippen molar-refractivity contribution in [2.24, 2.45) is 16.6 Å². The van der Waals surface area contributed by atoms with Gasteiger partial charge in [-0.1, -0.05) is 6.07 Å². The number of hydrogen-bond donors (Lipinski definition) is 2. The van der Waals surface area contributed by atoms with Crippen molar-refractivity contribution in [3.63, 3.8) is 0 Å². The van der Waals surface area contributed by atoms with Gasteiger partial charge in [-0.2, -0.15) is 0 Å². The van der Waals surface area contributed by atoms with Crippen LogP contribution >= 0.6 is 0 Å². The van der Waals surface area contributed by atoms with Crippen molar-refractivity contribution in [3.05, 3.63) is 24.3 Å². The lowest BCUT2D eigenvalue weighted by atomic mass is 9.97. The molecule has 0 radical (unpaired) electrons. The van der Waals surface area contributed by atoms with E-state index in [-0.39, 0.29) is 0 Å². The molecule has 1 aromatic carbocycles. The zero-order valence-corrected chi connectivity index (χ0v) is 13.9. The first-order chi connectivity index (χ1) is 10.6. The van der Waals surface area contributed by atoms with E-state index in [1.54, 1.807) is 7.11 Å². The molecule has 1 fully saturated rings. The number of piperidine rings is 1. The molecule has 1 aliphatic rings. The molecule has 1 unspecified atom stereocenters. The number of guanidine groups is 1. The van der Waals surface area contributed by atoms with Crippen LogP contribution in [0.4, 0.5) is 5.69 Å². The Balaban J connectivity index is 1.86. The molecular formula is C17H28N4O. The summed E-state index contributed by atoms with van der Waals surface area (Å²) >= 11 is 0. The number of nitrogens with two attached hydrogens (primary N) is 1. The molecule has 5 heteroatoms. The van der Waals surface area contributed by atoms with Gasteiger partial charge in [-0.15, -0.1) is 0 Å². The van der Waals surface area contributed by atoms with Gasteiger partial charge in [0, 0.05) is 30.9 Å². The average Bonchev–Trinajstić information content (AvgIpc) is 2.53. The summed E-state index contributed by atoms with van der Waals surface area (Å²) in [5, 5.41) is 3.12. The van der Waals surface area contributed by atoms with Crippen LogP contribution in [0.3, 0.4) is 0 Å². The Bertz CT molecular complexity index is 501. The highest BCUT2D eigenvalue weighted by Gasteiger charge is 2.21. The van der Waals surface area contributed by atoms with Crippen LogP contribution in [0.5, 0.6) is 5.75 Å². The smallest absolute Gasteiger partial charge is 0.193 e. The van der Waals surface area contributed by atoms with E-state index in [1.807, 2.05) is 24.3 Å². The molecule has 0 bridgehead atoms. The lowest BCUT2D eigenvalue weighted by Gasteiger charge is -2.34. The van der Waals surface area contributed by atoms with E-state index in [4.69, 9.17) is 10.5 Å². The van der Waals surface area contributed by atoms with E-state index < -0.39 is 0 Å². The average molecular weight is 304 g/mol. The maximum absolute atomic E-state index is 5.99. The van der Waals surface area contributed by atoms with E-state index in [0.29, 0.717) is 17.9 Å². The zero-order chi connectivity index (χ0) is 15.9. The number of nitrogens with zero attached hydrogens (tertiary/aromatic N) is 2. The first-order valence-electron chi connectivity index (χ1n) is 8.03. The molecule has 1 aliphatic heterocycles. The van der Waals surface area contributed by atoms with Gasteiger partial charge in [0.05, 0.1) is 7.11 Å². The minimum absolute atomic E-state index is 0.468. The summed E-state index contributed by atoms with van der Waals surface area (Å²) in [6, 6.07) is 8.30. The first kappa shape index (κ1) is 16.6. The van der Waals surface area contributed by atoms with E-state index in [9.17, 15) is 0 Å². The predicted molar refractivity (Wildman–Crippen MR) is 92.5 cm³/mol. The van der Waals surface area contributed by atoms with Gasteiger partial charge in [0.25, 0.3) is 0 Å². The SMILES string of the molecule is COc1cccc(NC(N)=NCC2CCCN(C(C)C)C2)c1. The number of benzene rings is 1. The van der Waals surface area contributed by atoms with Crippen LogP contribution in [0.2, 0.25) is 0 Å². The summed E-state index contributed by atoms with van der Waals surface area (Å²) in [7, 11) is 1.65. The molecule has 1 saturated heterocycles. The van der Waals surface area contributed by atoms with Crippen LogP contribution in [0.25, 0.3) is 0 Å². The van der Waals surface area contributed by atoms with E-state index in [0.717, 1.165) is 24.5 Å². The Labute approximate surface area is 133 Å². The second-order valence-corrected chi connectivity index (χ2v) is 6.18. The predicted octanol–water partition coefficient (Wildman–Crippen LogP) is 2.54. The highest BCUT2D eigenvalue weighted by Crippen LogP contribution is 2.19. The lowest BCUT2D eigenvalue weighted by molar-refractivity contribution is 0.143. The van der Waals surface area contributed by atoms with Gasteiger partial charge < -0.3 is 20.7 Å². The normalized spacial score (nSPS) is 20.2. The number of likely N-dealkylation sites (tertiary alicyclic amines) is 1. The second kappa shape index (κ2) is 8.03. The van der Waals surface area contributed by atoms with Crippen LogP contribution < -0.4 is 15.8 Å². The maximum Gasteiger partial charge on any atom is 0.193 e. The van der Waals surface area contributed by atoms with E-state index in [2.05, 4.69) is 29.1 Å². The molecule has 0 spiro atoms. The van der Waals surface area contributed by atoms with Crippen LogP contribution in [-0.4, -0.2) is 43.6 Å². The highest BCUT2D eigenvalue weighted by molar-refractivity contribution is 5.92. The van der Waals surface area contributed by atoms with Crippen LogP contribution in [0, 0.1) is 5.92 Å². The van der Waals surface area contributed by atoms with Gasteiger partial charge in [-0.05, 0) is 51.3 Å². The summed E-state index contributed by atoms with van der Waals surface area (Å²) in [6.45, 7) is 7.61. The van der Waals surface area contributed by atoms with Crippen molar-refractivity contribution in [2.75, 3.05) is 32.1 Å². The van der Waals surface area contributed by atoms with Crippen molar-refractivity contribution in [3.8, 4) is 5.75 Å². The third-order valence-corrected chi connectivity index (χ3v) is 4.14. The molecular weight excluding hydrogens is 276 g/mol. The second-order valence-electron chi connectivity index (χ2n) is 6.18. The van der Waals surface area contributed by atoms with Crippen LogP contribution in [0.15, 0.2) is 29.3 Å². The Morgan fingerprint density at radius 3 is 3.05 bits per heavy atom. The molecule has 1 heterocycles. The third-order valence-electron chi connectivity index (χ3n) is 4.14. The molecule has 0 amide bonds. The summed E-state index contributed by atoms with van der Waals surface area (Å²) in [5.41, 5.74) is 6.89. The number of methoxy groups -OCH3 is 1. The minimum atomic E-state index is 0.468. The zero-order valence-electron chi connectivity index (χ0n) is 13.9. The van der Waals surface area contributed by atoms with Gasteiger partial charge in [-0.25, -0.2) is 0 Å². The molecule has 1 aromatic rings. The quantitative estimate of drug-likeness (QED) is 0.648. The Hall–Kier alpha value is -1.75. The standard InChI is InChI=1S/C17H28N4O/c1-13(2)21-9-5-6-14(12-21)11-19-17(18)20-15-7-4-8-16(10-15)22-3/h4,7-8,10,13-14H,5-6,9,11-12H2,1-3H3,(H3,18,19,20). The van der Waals surface area contributed by atoms with Crippen molar-refractivity contribution in [2.45, 2.75) is 32.7 Å². The van der Waals surface area contributed by atoms with Crippen LogP contribution in [-0.2, 0) is 0 Å². The van der Waals surface area contributed by atoms with Gasteiger partial charge in [0.2, 0.25) is 0 Å². The Morgan fingerprint density at radius 1 is 1.50 bits per heavy atom. The minimum Gasteiger partial charge on any atom is -0.497 e. The van der Waals surface area contributed by atoms with Gasteiger partial charge in [-0.3, -0.25) is 4.99 Å². The highest BCUT2D eigenvalue weighted by atomic mass is 16.5. The number of nitrogens with one attached hydrogen (secondary N) is 1. The molecule has 122 valence electrons. The molecule has 5 nitrogen and oxygen atoms in total. The van der Waals surface area contributed by atoms with E-state index in [1.165, 1.54) is 19.4 Å². The summed E-state index contributed by atoms with van der Waals surface area (Å²) in [6.07, 6.45) is 2.49. The molecule has 1 atom stereocenters. The summed E-state index contributed by atoms with van der Waals surface area (Å²) < 4.78 is 5.20. The lowest BCUT2D eigenvalue weighted by Crippen LogP contribution is -2.41. The summed E-state index contributed by atoms with van der Waals surface area (Å²) in [4.78, 5) is 7.03. The molecule has 2 rings (SSSR count).